The number of ether oxygens (including phenoxy) is 1. The van der Waals surface area contributed by atoms with Crippen molar-refractivity contribution in [1.82, 2.24) is 0 Å². The Balaban J connectivity index is 2.09. The van der Waals surface area contributed by atoms with Gasteiger partial charge in [0.05, 0.1) is 12.5 Å². The van der Waals surface area contributed by atoms with Gasteiger partial charge in [-0.1, -0.05) is 36.4 Å². The van der Waals surface area contributed by atoms with Crippen LogP contribution in [0.2, 0.25) is 0 Å². The largest absolute Gasteiger partial charge is 0.486 e. The van der Waals surface area contributed by atoms with E-state index in [1.165, 1.54) is 6.07 Å². The van der Waals surface area contributed by atoms with E-state index in [9.17, 15) is 4.39 Å². The minimum atomic E-state index is -0.410. The first-order chi connectivity index (χ1) is 8.79. The Morgan fingerprint density at radius 1 is 1.06 bits per heavy atom. The molecule has 0 aliphatic rings. The van der Waals surface area contributed by atoms with Gasteiger partial charge in [0.25, 0.3) is 0 Å². The van der Waals surface area contributed by atoms with E-state index in [1.807, 2.05) is 36.4 Å². The summed E-state index contributed by atoms with van der Waals surface area (Å²) in [5, 5.41) is 8.60. The fourth-order valence-corrected chi connectivity index (χ4v) is 1.59. The zero-order valence-electron chi connectivity index (χ0n) is 9.77. The lowest BCUT2D eigenvalue weighted by atomic mass is 10.1. The quantitative estimate of drug-likeness (QED) is 0.821. The van der Waals surface area contributed by atoms with Crippen molar-refractivity contribution in [3.05, 3.63) is 65.5 Å². The van der Waals surface area contributed by atoms with Gasteiger partial charge in [0.2, 0.25) is 0 Å². The Morgan fingerprint density at radius 2 is 1.83 bits per heavy atom. The van der Waals surface area contributed by atoms with Gasteiger partial charge in [-0.25, -0.2) is 4.39 Å². The van der Waals surface area contributed by atoms with Gasteiger partial charge in [-0.2, -0.15) is 5.26 Å². The van der Waals surface area contributed by atoms with Crippen LogP contribution < -0.4 is 4.74 Å². The van der Waals surface area contributed by atoms with Crippen molar-refractivity contribution in [2.24, 2.45) is 0 Å². The van der Waals surface area contributed by atoms with Crippen molar-refractivity contribution < 1.29 is 9.13 Å². The summed E-state index contributed by atoms with van der Waals surface area (Å²) >= 11 is 0. The number of halogens is 1. The molecular weight excluding hydrogens is 229 g/mol. The highest BCUT2D eigenvalue weighted by atomic mass is 19.1. The molecule has 2 aromatic rings. The second kappa shape index (κ2) is 5.83. The van der Waals surface area contributed by atoms with Crippen molar-refractivity contribution >= 4 is 0 Å². The number of hydrogen-bond acceptors (Lipinski definition) is 2. The Bertz CT molecular complexity index is 560. The van der Waals surface area contributed by atoms with Crippen molar-refractivity contribution in [2.45, 2.75) is 13.0 Å². The van der Waals surface area contributed by atoms with Gasteiger partial charge in [0, 0.05) is 0 Å². The molecule has 0 aromatic heterocycles. The van der Waals surface area contributed by atoms with Crippen LogP contribution in [0.15, 0.2) is 48.5 Å². The maximum absolute atomic E-state index is 13.5. The van der Waals surface area contributed by atoms with Crippen LogP contribution in [0.25, 0.3) is 0 Å². The predicted octanol–water partition coefficient (Wildman–Crippen LogP) is 3.47. The van der Waals surface area contributed by atoms with Crippen molar-refractivity contribution in [2.75, 3.05) is 0 Å². The van der Waals surface area contributed by atoms with Crippen LogP contribution in [0.3, 0.4) is 0 Å². The maximum Gasteiger partial charge on any atom is 0.165 e. The van der Waals surface area contributed by atoms with Crippen LogP contribution >= 0.6 is 0 Å². The predicted molar refractivity (Wildman–Crippen MR) is 66.5 cm³/mol. The van der Waals surface area contributed by atoms with E-state index in [2.05, 4.69) is 0 Å². The first-order valence-corrected chi connectivity index (χ1v) is 5.61. The van der Waals surface area contributed by atoms with E-state index in [0.29, 0.717) is 6.61 Å². The maximum atomic E-state index is 13.5. The van der Waals surface area contributed by atoms with Gasteiger partial charge in [-0.15, -0.1) is 0 Å². The summed E-state index contributed by atoms with van der Waals surface area (Å²) in [4.78, 5) is 0. The van der Waals surface area contributed by atoms with Gasteiger partial charge in [-0.3, -0.25) is 0 Å². The number of rotatable bonds is 4. The van der Waals surface area contributed by atoms with Crippen LogP contribution in [0.1, 0.15) is 11.1 Å². The molecule has 0 atom stereocenters. The second-order valence-electron chi connectivity index (χ2n) is 3.87. The molecule has 2 rings (SSSR count). The fraction of sp³-hybridized carbons (Fsp3) is 0.133. The molecule has 0 saturated heterocycles. The van der Waals surface area contributed by atoms with E-state index in [0.717, 1.165) is 11.1 Å². The molecule has 2 nitrogen and oxygen atoms in total. The summed E-state index contributed by atoms with van der Waals surface area (Å²) < 4.78 is 18.9. The summed E-state index contributed by atoms with van der Waals surface area (Å²) in [7, 11) is 0. The Hall–Kier alpha value is -2.34. The molecule has 0 amide bonds. The van der Waals surface area contributed by atoms with Crippen LogP contribution in [-0.2, 0) is 13.0 Å². The molecule has 0 aliphatic carbocycles. The van der Waals surface area contributed by atoms with E-state index < -0.39 is 5.82 Å². The van der Waals surface area contributed by atoms with Crippen LogP contribution in [0, 0.1) is 17.1 Å². The zero-order valence-corrected chi connectivity index (χ0v) is 9.77. The lowest BCUT2D eigenvalue weighted by Crippen LogP contribution is -1.98. The minimum absolute atomic E-state index is 0.187. The monoisotopic (exact) mass is 241 g/mol. The van der Waals surface area contributed by atoms with Gasteiger partial charge >= 0.3 is 0 Å². The standard InChI is InChI=1S/C15H12FNO/c16-14-7-6-12(8-9-17)10-15(14)18-11-13-4-2-1-3-5-13/h1-7,10H,8,11H2. The number of hydrogen-bond donors (Lipinski definition) is 0. The molecule has 3 heteroatoms. The SMILES string of the molecule is N#CCc1ccc(F)c(OCc2ccccc2)c1. The molecule has 0 radical (unpaired) electrons. The van der Waals surface area contributed by atoms with Crippen molar-refractivity contribution in [3.8, 4) is 11.8 Å². The highest BCUT2D eigenvalue weighted by molar-refractivity contribution is 5.32. The first kappa shape index (κ1) is 12.1. The van der Waals surface area contributed by atoms with Crippen LogP contribution in [-0.4, -0.2) is 0 Å². The molecule has 0 saturated carbocycles. The first-order valence-electron chi connectivity index (χ1n) is 5.61. The Labute approximate surface area is 105 Å². The molecule has 0 heterocycles. The molecule has 0 bridgehead atoms. The summed E-state index contributed by atoms with van der Waals surface area (Å²) in [6.07, 6.45) is 0.252. The molecule has 0 spiro atoms. The average molecular weight is 241 g/mol. The number of nitriles is 1. The van der Waals surface area contributed by atoms with Crippen molar-refractivity contribution in [3.63, 3.8) is 0 Å². The molecule has 0 unspecified atom stereocenters. The smallest absolute Gasteiger partial charge is 0.165 e. The average Bonchev–Trinajstić information content (AvgIpc) is 2.41. The van der Waals surface area contributed by atoms with Gasteiger partial charge in [0.15, 0.2) is 11.6 Å². The Kier molecular flexibility index (Phi) is 3.93. The fourth-order valence-electron chi connectivity index (χ4n) is 1.59. The highest BCUT2D eigenvalue weighted by Gasteiger charge is 2.05. The summed E-state index contributed by atoms with van der Waals surface area (Å²) in [6.45, 7) is 0.313. The molecule has 90 valence electrons. The third-order valence-corrected chi connectivity index (χ3v) is 2.52. The van der Waals surface area contributed by atoms with E-state index in [4.69, 9.17) is 10.00 Å². The van der Waals surface area contributed by atoms with Crippen molar-refractivity contribution in [1.29, 1.82) is 5.26 Å². The van der Waals surface area contributed by atoms with E-state index in [-0.39, 0.29) is 12.2 Å². The number of benzene rings is 2. The minimum Gasteiger partial charge on any atom is -0.486 e. The Morgan fingerprint density at radius 3 is 2.56 bits per heavy atom. The lowest BCUT2D eigenvalue weighted by molar-refractivity contribution is 0.290. The summed E-state index contributed by atoms with van der Waals surface area (Å²) in [5.41, 5.74) is 1.73. The summed E-state index contributed by atoms with van der Waals surface area (Å²) in [6, 6.07) is 16.1. The van der Waals surface area contributed by atoms with Gasteiger partial charge in [0.1, 0.15) is 6.61 Å². The van der Waals surface area contributed by atoms with E-state index in [1.54, 1.807) is 12.1 Å². The normalized spacial score (nSPS) is 9.78. The summed E-state index contributed by atoms with van der Waals surface area (Å²) in [5.74, 6) is -0.223. The molecule has 18 heavy (non-hydrogen) atoms. The lowest BCUT2D eigenvalue weighted by Gasteiger charge is -2.08. The van der Waals surface area contributed by atoms with Gasteiger partial charge < -0.3 is 4.74 Å². The van der Waals surface area contributed by atoms with E-state index >= 15 is 0 Å². The highest BCUT2D eigenvalue weighted by Crippen LogP contribution is 2.20. The molecule has 0 fully saturated rings. The molecule has 0 aliphatic heterocycles. The second-order valence-corrected chi connectivity index (χ2v) is 3.87. The van der Waals surface area contributed by atoms with Crippen LogP contribution in [0.4, 0.5) is 4.39 Å². The number of nitrogens with zero attached hydrogens (tertiary/aromatic N) is 1. The van der Waals surface area contributed by atoms with Gasteiger partial charge in [-0.05, 0) is 23.3 Å². The molecular formula is C15H12FNO. The molecule has 0 N–H and O–H groups in total. The topological polar surface area (TPSA) is 33.0 Å². The third-order valence-electron chi connectivity index (χ3n) is 2.52. The third kappa shape index (κ3) is 3.08. The zero-order chi connectivity index (χ0) is 12.8. The molecule has 2 aromatic carbocycles. The van der Waals surface area contributed by atoms with Crippen LogP contribution in [0.5, 0.6) is 5.75 Å².